The first kappa shape index (κ1) is 14.6. The summed E-state index contributed by atoms with van der Waals surface area (Å²) in [6.07, 6.45) is 1.68. The Kier molecular flexibility index (Phi) is 4.09. The van der Waals surface area contributed by atoms with E-state index in [1.807, 2.05) is 37.3 Å². The normalized spacial score (nSPS) is 17.5. The van der Waals surface area contributed by atoms with E-state index in [2.05, 4.69) is 5.32 Å². The number of halogens is 1. The highest BCUT2D eigenvalue weighted by atomic mass is 19.1. The fraction of sp³-hybridized carbons (Fsp3) is 0.278. The summed E-state index contributed by atoms with van der Waals surface area (Å²) in [7, 11) is 0. The van der Waals surface area contributed by atoms with Gasteiger partial charge in [-0.15, -0.1) is 0 Å². The molecule has 0 radical (unpaired) electrons. The van der Waals surface area contributed by atoms with Crippen molar-refractivity contribution in [2.45, 2.75) is 25.8 Å². The smallest absolute Gasteiger partial charge is 0.317 e. The Labute approximate surface area is 129 Å². The molecule has 1 fully saturated rings. The molecule has 0 aromatic heterocycles. The number of carbonyl (C=O) groups is 1. The van der Waals surface area contributed by atoms with Crippen LogP contribution in [-0.4, -0.2) is 17.5 Å². The largest absolute Gasteiger partial charge is 0.322 e. The van der Waals surface area contributed by atoms with Crippen LogP contribution in [0.25, 0.3) is 0 Å². The number of benzene rings is 2. The maximum absolute atomic E-state index is 14.0. The molecular weight excluding hydrogens is 279 g/mol. The monoisotopic (exact) mass is 298 g/mol. The predicted molar refractivity (Wildman–Crippen MR) is 85.3 cm³/mol. The van der Waals surface area contributed by atoms with Gasteiger partial charge in [0.1, 0.15) is 5.82 Å². The number of hydrogen-bond donors (Lipinski definition) is 1. The van der Waals surface area contributed by atoms with E-state index >= 15 is 0 Å². The van der Waals surface area contributed by atoms with Crippen LogP contribution in [0.15, 0.2) is 48.5 Å². The molecule has 1 atom stereocenters. The van der Waals surface area contributed by atoms with Crippen molar-refractivity contribution in [3.8, 4) is 0 Å². The SMILES string of the molecule is Cc1ccc(NC(=O)N2CCCC2c2ccccc2F)cc1. The zero-order valence-corrected chi connectivity index (χ0v) is 12.6. The maximum atomic E-state index is 14.0. The molecule has 1 N–H and O–H groups in total. The number of hydrogen-bond acceptors (Lipinski definition) is 1. The third-order valence-corrected chi connectivity index (χ3v) is 4.08. The minimum Gasteiger partial charge on any atom is -0.317 e. The van der Waals surface area contributed by atoms with Crippen molar-refractivity contribution in [1.29, 1.82) is 0 Å². The molecule has 0 spiro atoms. The molecule has 0 bridgehead atoms. The molecule has 0 saturated carbocycles. The summed E-state index contributed by atoms with van der Waals surface area (Å²) < 4.78 is 14.0. The van der Waals surface area contributed by atoms with Gasteiger partial charge < -0.3 is 10.2 Å². The first-order valence-electron chi connectivity index (χ1n) is 7.54. The van der Waals surface area contributed by atoms with Crippen LogP contribution in [0.2, 0.25) is 0 Å². The average molecular weight is 298 g/mol. The number of rotatable bonds is 2. The van der Waals surface area contributed by atoms with Gasteiger partial charge in [-0.25, -0.2) is 9.18 Å². The van der Waals surface area contributed by atoms with Crippen LogP contribution in [0.3, 0.4) is 0 Å². The molecule has 3 nitrogen and oxygen atoms in total. The summed E-state index contributed by atoms with van der Waals surface area (Å²) in [4.78, 5) is 14.2. The van der Waals surface area contributed by atoms with Gasteiger partial charge in [0.15, 0.2) is 0 Å². The second-order valence-corrected chi connectivity index (χ2v) is 5.67. The Morgan fingerprint density at radius 3 is 2.64 bits per heavy atom. The minimum atomic E-state index is -0.248. The van der Waals surface area contributed by atoms with Crippen LogP contribution in [-0.2, 0) is 0 Å². The third-order valence-electron chi connectivity index (χ3n) is 4.08. The van der Waals surface area contributed by atoms with E-state index in [-0.39, 0.29) is 17.9 Å². The number of carbonyl (C=O) groups excluding carboxylic acids is 1. The van der Waals surface area contributed by atoms with Gasteiger partial charge in [-0.3, -0.25) is 0 Å². The molecule has 2 aromatic rings. The molecule has 3 rings (SSSR count). The first-order chi connectivity index (χ1) is 10.6. The van der Waals surface area contributed by atoms with Crippen LogP contribution in [0.5, 0.6) is 0 Å². The van der Waals surface area contributed by atoms with Crippen molar-refractivity contribution in [3.63, 3.8) is 0 Å². The zero-order chi connectivity index (χ0) is 15.5. The standard InChI is InChI=1S/C18H19FN2O/c1-13-8-10-14(11-9-13)20-18(22)21-12-4-7-17(21)15-5-2-3-6-16(15)19/h2-3,5-6,8-11,17H,4,7,12H2,1H3,(H,20,22). The van der Waals surface area contributed by atoms with Gasteiger partial charge in [0.05, 0.1) is 6.04 Å². The number of likely N-dealkylation sites (tertiary alicyclic amines) is 1. The fourth-order valence-electron chi connectivity index (χ4n) is 2.91. The zero-order valence-electron chi connectivity index (χ0n) is 12.6. The Hall–Kier alpha value is -2.36. The maximum Gasteiger partial charge on any atom is 0.322 e. The summed E-state index contributed by atoms with van der Waals surface area (Å²) in [5, 5.41) is 2.89. The molecule has 1 saturated heterocycles. The van der Waals surface area contributed by atoms with Gasteiger partial charge in [-0.05, 0) is 38.0 Å². The highest BCUT2D eigenvalue weighted by molar-refractivity contribution is 5.89. The van der Waals surface area contributed by atoms with E-state index in [1.54, 1.807) is 17.0 Å². The van der Waals surface area contributed by atoms with E-state index in [9.17, 15) is 9.18 Å². The lowest BCUT2D eigenvalue weighted by Gasteiger charge is -2.25. The second-order valence-electron chi connectivity index (χ2n) is 5.67. The fourth-order valence-corrected chi connectivity index (χ4v) is 2.91. The molecule has 4 heteroatoms. The number of amides is 2. The Balaban J connectivity index is 1.76. The third kappa shape index (κ3) is 2.96. The van der Waals surface area contributed by atoms with Gasteiger partial charge in [0, 0.05) is 17.8 Å². The quantitative estimate of drug-likeness (QED) is 0.869. The lowest BCUT2D eigenvalue weighted by Crippen LogP contribution is -2.34. The van der Waals surface area contributed by atoms with Gasteiger partial charge >= 0.3 is 6.03 Å². The number of aryl methyl sites for hydroxylation is 1. The van der Waals surface area contributed by atoms with Crippen molar-refractivity contribution < 1.29 is 9.18 Å². The molecule has 0 aliphatic carbocycles. The Morgan fingerprint density at radius 2 is 1.91 bits per heavy atom. The Bertz CT molecular complexity index is 669. The summed E-state index contributed by atoms with van der Waals surface area (Å²) in [5.41, 5.74) is 2.50. The topological polar surface area (TPSA) is 32.3 Å². The van der Waals surface area contributed by atoms with E-state index in [1.165, 1.54) is 6.07 Å². The van der Waals surface area contributed by atoms with Crippen LogP contribution in [0.4, 0.5) is 14.9 Å². The van der Waals surface area contributed by atoms with Crippen molar-refractivity contribution in [1.82, 2.24) is 4.90 Å². The van der Waals surface area contributed by atoms with Gasteiger partial charge in [0.25, 0.3) is 0 Å². The van der Waals surface area contributed by atoms with Crippen molar-refractivity contribution in [2.75, 3.05) is 11.9 Å². The summed E-state index contributed by atoms with van der Waals surface area (Å²) >= 11 is 0. The highest BCUT2D eigenvalue weighted by Crippen LogP contribution is 2.33. The molecule has 1 heterocycles. The molecule has 2 aromatic carbocycles. The van der Waals surface area contributed by atoms with Crippen LogP contribution >= 0.6 is 0 Å². The van der Waals surface area contributed by atoms with E-state index < -0.39 is 0 Å². The number of nitrogens with one attached hydrogen (secondary N) is 1. The summed E-state index contributed by atoms with van der Waals surface area (Å²) in [5.74, 6) is -0.248. The van der Waals surface area contributed by atoms with E-state index in [4.69, 9.17) is 0 Å². The van der Waals surface area contributed by atoms with Gasteiger partial charge in [-0.2, -0.15) is 0 Å². The highest BCUT2D eigenvalue weighted by Gasteiger charge is 2.31. The molecule has 1 unspecified atom stereocenters. The van der Waals surface area contributed by atoms with Crippen LogP contribution in [0.1, 0.15) is 30.0 Å². The Morgan fingerprint density at radius 1 is 1.18 bits per heavy atom. The number of urea groups is 1. The molecule has 1 aliphatic rings. The predicted octanol–water partition coefficient (Wildman–Crippen LogP) is 4.50. The van der Waals surface area contributed by atoms with Gasteiger partial charge in [0.2, 0.25) is 0 Å². The average Bonchev–Trinajstić information content (AvgIpc) is 2.99. The van der Waals surface area contributed by atoms with E-state index in [0.717, 1.165) is 24.1 Å². The van der Waals surface area contributed by atoms with E-state index in [0.29, 0.717) is 12.1 Å². The second kappa shape index (κ2) is 6.18. The number of nitrogens with zero attached hydrogens (tertiary/aromatic N) is 1. The summed E-state index contributed by atoms with van der Waals surface area (Å²) in [6, 6.07) is 14.0. The molecule has 22 heavy (non-hydrogen) atoms. The molecule has 114 valence electrons. The minimum absolute atomic E-state index is 0.172. The summed E-state index contributed by atoms with van der Waals surface area (Å²) in [6.45, 7) is 2.65. The van der Waals surface area contributed by atoms with Crippen molar-refractivity contribution in [3.05, 3.63) is 65.5 Å². The van der Waals surface area contributed by atoms with Crippen LogP contribution in [0, 0.1) is 12.7 Å². The van der Waals surface area contributed by atoms with Crippen LogP contribution < -0.4 is 5.32 Å². The van der Waals surface area contributed by atoms with Crippen molar-refractivity contribution >= 4 is 11.7 Å². The molecular formula is C18H19FN2O. The molecule has 2 amide bonds. The van der Waals surface area contributed by atoms with Gasteiger partial charge in [-0.1, -0.05) is 35.9 Å². The molecule has 1 aliphatic heterocycles. The lowest BCUT2D eigenvalue weighted by molar-refractivity contribution is 0.206. The number of anilines is 1. The first-order valence-corrected chi connectivity index (χ1v) is 7.54. The van der Waals surface area contributed by atoms with Crippen molar-refractivity contribution in [2.24, 2.45) is 0 Å². The lowest BCUT2D eigenvalue weighted by atomic mass is 10.0.